The second-order valence-electron chi connectivity index (χ2n) is 6.22. The van der Waals surface area contributed by atoms with Crippen molar-refractivity contribution >= 4 is 62.8 Å². The molecule has 0 unspecified atom stereocenters. The van der Waals surface area contributed by atoms with E-state index in [-0.39, 0.29) is 11.0 Å². The van der Waals surface area contributed by atoms with Crippen LogP contribution in [0.3, 0.4) is 0 Å². The number of hydrogen-bond donors (Lipinski definition) is 2. The zero-order valence-electron chi connectivity index (χ0n) is 17.0. The van der Waals surface area contributed by atoms with Crippen LogP contribution < -0.4 is 10.6 Å². The molecule has 0 spiro atoms. The Kier molecular flexibility index (Phi) is 8.01. The summed E-state index contributed by atoms with van der Waals surface area (Å²) in [6.45, 7) is 8.60. The first-order valence-corrected chi connectivity index (χ1v) is 10.7. The van der Waals surface area contributed by atoms with E-state index in [2.05, 4.69) is 10.6 Å². The van der Waals surface area contributed by atoms with Crippen molar-refractivity contribution in [3.63, 3.8) is 0 Å². The standard InChI is InChI=1S/C20H24ClN3O3S2/c1-6-24(7-2)18(25)16-12(4)15(19(26)27-5)17(29-16)23-20(28)22-14-10-8-9-13(21)11(14)3/h8-10H,6-7H2,1-5H3,(H2,22,23,28). The summed E-state index contributed by atoms with van der Waals surface area (Å²) in [5.74, 6) is -0.651. The quantitative estimate of drug-likeness (QED) is 0.468. The Balaban J connectivity index is 2.37. The number of benzene rings is 1. The molecule has 1 heterocycles. The molecule has 0 aliphatic rings. The van der Waals surface area contributed by atoms with E-state index in [1.165, 1.54) is 18.4 Å². The van der Waals surface area contributed by atoms with Crippen LogP contribution in [-0.2, 0) is 4.74 Å². The first-order chi connectivity index (χ1) is 13.7. The van der Waals surface area contributed by atoms with Gasteiger partial charge in [0.15, 0.2) is 5.11 Å². The molecule has 0 bridgehead atoms. The molecule has 0 saturated carbocycles. The van der Waals surface area contributed by atoms with E-state index in [0.29, 0.717) is 39.1 Å². The lowest BCUT2D eigenvalue weighted by Crippen LogP contribution is -2.30. The average molecular weight is 454 g/mol. The first kappa shape index (κ1) is 23.1. The SMILES string of the molecule is CCN(CC)C(=O)c1sc(NC(=S)Nc2cccc(Cl)c2C)c(C(=O)OC)c1C. The zero-order chi connectivity index (χ0) is 21.7. The van der Waals surface area contributed by atoms with Crippen molar-refractivity contribution in [1.82, 2.24) is 4.90 Å². The molecule has 29 heavy (non-hydrogen) atoms. The van der Waals surface area contributed by atoms with Crippen LogP contribution in [0.25, 0.3) is 0 Å². The molecule has 0 atom stereocenters. The number of anilines is 2. The van der Waals surface area contributed by atoms with Crippen LogP contribution in [0.5, 0.6) is 0 Å². The number of amides is 1. The summed E-state index contributed by atoms with van der Waals surface area (Å²) in [5.41, 5.74) is 2.48. The van der Waals surface area contributed by atoms with Gasteiger partial charge in [0, 0.05) is 23.8 Å². The van der Waals surface area contributed by atoms with Crippen molar-refractivity contribution in [2.75, 3.05) is 30.8 Å². The molecule has 2 rings (SSSR count). The van der Waals surface area contributed by atoms with Gasteiger partial charge in [-0.15, -0.1) is 11.3 Å². The summed E-state index contributed by atoms with van der Waals surface area (Å²) < 4.78 is 4.92. The second kappa shape index (κ2) is 10.0. The Morgan fingerprint density at radius 2 is 1.83 bits per heavy atom. The second-order valence-corrected chi connectivity index (χ2v) is 8.06. The van der Waals surface area contributed by atoms with E-state index in [1.807, 2.05) is 32.9 Å². The number of halogens is 1. The highest BCUT2D eigenvalue weighted by molar-refractivity contribution is 7.80. The number of carbonyl (C=O) groups is 2. The van der Waals surface area contributed by atoms with E-state index < -0.39 is 5.97 Å². The molecule has 1 aromatic carbocycles. The highest BCUT2D eigenvalue weighted by Gasteiger charge is 2.27. The maximum Gasteiger partial charge on any atom is 0.341 e. The maximum atomic E-state index is 12.9. The monoisotopic (exact) mass is 453 g/mol. The Hall–Kier alpha value is -2.16. The summed E-state index contributed by atoms with van der Waals surface area (Å²) in [6, 6.07) is 5.46. The predicted molar refractivity (Wildman–Crippen MR) is 124 cm³/mol. The number of methoxy groups -OCH3 is 1. The average Bonchev–Trinajstić information content (AvgIpc) is 3.01. The molecule has 6 nitrogen and oxygen atoms in total. The van der Waals surface area contributed by atoms with Gasteiger partial charge in [0.25, 0.3) is 5.91 Å². The summed E-state index contributed by atoms with van der Waals surface area (Å²) in [7, 11) is 1.31. The fraction of sp³-hybridized carbons (Fsp3) is 0.350. The van der Waals surface area contributed by atoms with Crippen molar-refractivity contribution < 1.29 is 14.3 Å². The highest BCUT2D eigenvalue weighted by Crippen LogP contribution is 2.35. The lowest BCUT2D eigenvalue weighted by Gasteiger charge is -2.18. The molecule has 0 fully saturated rings. The molecule has 156 valence electrons. The smallest absolute Gasteiger partial charge is 0.341 e. The van der Waals surface area contributed by atoms with Gasteiger partial charge in [0.2, 0.25) is 0 Å². The molecule has 9 heteroatoms. The van der Waals surface area contributed by atoms with Crippen LogP contribution in [0.2, 0.25) is 5.02 Å². The lowest BCUT2D eigenvalue weighted by molar-refractivity contribution is 0.0601. The lowest BCUT2D eigenvalue weighted by atomic mass is 10.1. The fourth-order valence-corrected chi connectivity index (χ4v) is 4.43. The van der Waals surface area contributed by atoms with Crippen molar-refractivity contribution in [2.45, 2.75) is 27.7 Å². The van der Waals surface area contributed by atoms with E-state index >= 15 is 0 Å². The number of hydrogen-bond acceptors (Lipinski definition) is 5. The van der Waals surface area contributed by atoms with Crippen molar-refractivity contribution in [3.05, 3.63) is 44.8 Å². The molecule has 1 aromatic heterocycles. The fourth-order valence-electron chi connectivity index (χ4n) is 2.81. The normalized spacial score (nSPS) is 10.4. The number of rotatable bonds is 6. The highest BCUT2D eigenvalue weighted by atomic mass is 35.5. The third-order valence-electron chi connectivity index (χ3n) is 4.52. The zero-order valence-corrected chi connectivity index (χ0v) is 19.4. The molecular weight excluding hydrogens is 430 g/mol. The number of nitrogens with zero attached hydrogens (tertiary/aromatic N) is 1. The minimum atomic E-state index is -0.526. The molecule has 2 aromatic rings. The topological polar surface area (TPSA) is 70.7 Å². The van der Waals surface area contributed by atoms with Crippen LogP contribution in [0.15, 0.2) is 18.2 Å². The van der Waals surface area contributed by atoms with Gasteiger partial charge < -0.3 is 20.3 Å². The number of nitrogens with one attached hydrogen (secondary N) is 2. The Morgan fingerprint density at radius 1 is 1.17 bits per heavy atom. The van der Waals surface area contributed by atoms with Crippen molar-refractivity contribution in [3.8, 4) is 0 Å². The summed E-state index contributed by atoms with van der Waals surface area (Å²) in [4.78, 5) is 27.4. The molecule has 0 aliphatic carbocycles. The number of thiophene rings is 1. The van der Waals surface area contributed by atoms with Gasteiger partial charge in [0.05, 0.1) is 17.6 Å². The minimum Gasteiger partial charge on any atom is -0.465 e. The number of esters is 1. The molecule has 0 saturated heterocycles. The van der Waals surface area contributed by atoms with E-state index in [1.54, 1.807) is 17.9 Å². The van der Waals surface area contributed by atoms with Gasteiger partial charge in [-0.2, -0.15) is 0 Å². The van der Waals surface area contributed by atoms with Crippen LogP contribution >= 0.6 is 35.2 Å². The van der Waals surface area contributed by atoms with Gasteiger partial charge in [-0.05, 0) is 63.2 Å². The third kappa shape index (κ3) is 5.07. The predicted octanol–water partition coefficient (Wildman–Crippen LogP) is 5.10. The van der Waals surface area contributed by atoms with E-state index in [0.717, 1.165) is 11.3 Å². The van der Waals surface area contributed by atoms with Crippen LogP contribution in [0.1, 0.15) is 45.0 Å². The van der Waals surface area contributed by atoms with Gasteiger partial charge in [0.1, 0.15) is 5.00 Å². The Bertz CT molecular complexity index is 939. The molecular formula is C20H24ClN3O3S2. The summed E-state index contributed by atoms with van der Waals surface area (Å²) >= 11 is 12.8. The van der Waals surface area contributed by atoms with Crippen LogP contribution in [0, 0.1) is 13.8 Å². The third-order valence-corrected chi connectivity index (χ3v) is 6.33. The Morgan fingerprint density at radius 3 is 2.41 bits per heavy atom. The van der Waals surface area contributed by atoms with Crippen molar-refractivity contribution in [1.29, 1.82) is 0 Å². The minimum absolute atomic E-state index is 0.125. The van der Waals surface area contributed by atoms with E-state index in [4.69, 9.17) is 28.6 Å². The largest absolute Gasteiger partial charge is 0.465 e. The summed E-state index contributed by atoms with van der Waals surface area (Å²) in [6.07, 6.45) is 0. The number of thiocarbonyl (C=S) groups is 1. The van der Waals surface area contributed by atoms with E-state index in [9.17, 15) is 9.59 Å². The first-order valence-electron chi connectivity index (χ1n) is 9.09. The molecule has 2 N–H and O–H groups in total. The molecule has 1 amide bonds. The maximum absolute atomic E-state index is 12.9. The van der Waals surface area contributed by atoms with Gasteiger partial charge in [-0.1, -0.05) is 17.7 Å². The van der Waals surface area contributed by atoms with Gasteiger partial charge in [-0.3, -0.25) is 4.79 Å². The molecule has 0 aliphatic heterocycles. The van der Waals surface area contributed by atoms with Gasteiger partial charge in [-0.25, -0.2) is 4.79 Å². The number of carbonyl (C=O) groups excluding carboxylic acids is 2. The molecule has 0 radical (unpaired) electrons. The van der Waals surface area contributed by atoms with Gasteiger partial charge >= 0.3 is 5.97 Å². The number of ether oxygens (including phenoxy) is 1. The van der Waals surface area contributed by atoms with Crippen molar-refractivity contribution in [2.24, 2.45) is 0 Å². The van der Waals surface area contributed by atoms with Crippen LogP contribution in [-0.4, -0.2) is 42.1 Å². The Labute approximate surface area is 185 Å². The summed E-state index contributed by atoms with van der Waals surface area (Å²) in [5, 5.41) is 7.48. The van der Waals surface area contributed by atoms with Crippen LogP contribution in [0.4, 0.5) is 10.7 Å².